The summed E-state index contributed by atoms with van der Waals surface area (Å²) in [5.74, 6) is 0. The molecule has 1 aromatic heterocycles. The number of aryl methyl sites for hydroxylation is 1. The lowest BCUT2D eigenvalue weighted by Gasteiger charge is -2.01. The Morgan fingerprint density at radius 3 is 2.92 bits per heavy atom. The Hall–Kier alpha value is -1.75. The summed E-state index contributed by atoms with van der Waals surface area (Å²) in [5, 5.41) is 10.1. The van der Waals surface area contributed by atoms with Gasteiger partial charge in [0, 0.05) is 18.1 Å². The highest BCUT2D eigenvalue weighted by Gasteiger charge is 2.03. The minimum atomic E-state index is 0.754. The standard InChI is InChI=1S/C11H10N2/c1-2-13-7-6-9-4-3-5-10(8-12)11(9)13/h3-7H,2H2,1H3. The van der Waals surface area contributed by atoms with Gasteiger partial charge in [-0.3, -0.25) is 0 Å². The second-order valence-corrected chi connectivity index (χ2v) is 2.96. The van der Waals surface area contributed by atoms with Gasteiger partial charge in [-0.05, 0) is 19.1 Å². The molecule has 0 saturated carbocycles. The molecule has 0 bridgehead atoms. The van der Waals surface area contributed by atoms with E-state index in [1.807, 2.05) is 30.5 Å². The van der Waals surface area contributed by atoms with Crippen LogP contribution < -0.4 is 0 Å². The number of aromatic nitrogens is 1. The average molecular weight is 170 g/mol. The molecular weight excluding hydrogens is 160 g/mol. The van der Waals surface area contributed by atoms with E-state index >= 15 is 0 Å². The number of nitrogens with zero attached hydrogens (tertiary/aromatic N) is 2. The Kier molecular flexibility index (Phi) is 1.79. The van der Waals surface area contributed by atoms with Gasteiger partial charge in [0.15, 0.2) is 0 Å². The number of nitriles is 1. The van der Waals surface area contributed by atoms with Crippen LogP contribution in [0.3, 0.4) is 0 Å². The van der Waals surface area contributed by atoms with E-state index in [9.17, 15) is 0 Å². The molecule has 0 radical (unpaired) electrons. The minimum absolute atomic E-state index is 0.754. The molecule has 13 heavy (non-hydrogen) atoms. The molecule has 0 N–H and O–H groups in total. The first-order chi connectivity index (χ1) is 6.36. The predicted molar refractivity (Wildman–Crippen MR) is 52.3 cm³/mol. The number of benzene rings is 1. The summed E-state index contributed by atoms with van der Waals surface area (Å²) in [6.07, 6.45) is 2.02. The largest absolute Gasteiger partial charge is 0.347 e. The Bertz CT molecular complexity index is 474. The summed E-state index contributed by atoms with van der Waals surface area (Å²) in [4.78, 5) is 0. The van der Waals surface area contributed by atoms with E-state index in [4.69, 9.17) is 5.26 Å². The quantitative estimate of drug-likeness (QED) is 0.646. The molecule has 1 heterocycles. The molecule has 0 aliphatic heterocycles. The summed E-state index contributed by atoms with van der Waals surface area (Å²) in [7, 11) is 0. The van der Waals surface area contributed by atoms with Gasteiger partial charge in [-0.25, -0.2) is 0 Å². The van der Waals surface area contributed by atoms with E-state index in [2.05, 4.69) is 17.6 Å². The lowest BCUT2D eigenvalue weighted by molar-refractivity contribution is 0.797. The molecule has 0 amide bonds. The zero-order valence-corrected chi connectivity index (χ0v) is 7.49. The molecule has 0 aliphatic rings. The Morgan fingerprint density at radius 1 is 1.38 bits per heavy atom. The third-order valence-electron chi connectivity index (χ3n) is 2.25. The Balaban J connectivity index is 2.85. The molecule has 0 spiro atoms. The number of hydrogen-bond acceptors (Lipinski definition) is 1. The summed E-state index contributed by atoms with van der Waals surface area (Å²) >= 11 is 0. The van der Waals surface area contributed by atoms with Gasteiger partial charge in [-0.2, -0.15) is 5.26 Å². The van der Waals surface area contributed by atoms with Crippen LogP contribution in [0, 0.1) is 11.3 Å². The van der Waals surface area contributed by atoms with Crippen molar-refractivity contribution in [2.75, 3.05) is 0 Å². The third-order valence-corrected chi connectivity index (χ3v) is 2.25. The summed E-state index contributed by atoms with van der Waals surface area (Å²) in [5.41, 5.74) is 1.80. The minimum Gasteiger partial charge on any atom is -0.347 e. The maximum Gasteiger partial charge on any atom is 0.101 e. The molecule has 2 rings (SSSR count). The van der Waals surface area contributed by atoms with Crippen molar-refractivity contribution in [2.24, 2.45) is 0 Å². The SMILES string of the molecule is CCn1ccc2cccc(C#N)c21. The maximum absolute atomic E-state index is 8.91. The summed E-state index contributed by atoms with van der Waals surface area (Å²) < 4.78 is 2.09. The van der Waals surface area contributed by atoms with Crippen molar-refractivity contribution in [1.29, 1.82) is 5.26 Å². The highest BCUT2D eigenvalue weighted by atomic mass is 14.9. The highest BCUT2D eigenvalue weighted by Crippen LogP contribution is 2.19. The van der Waals surface area contributed by atoms with Crippen LogP contribution in [0.2, 0.25) is 0 Å². The lowest BCUT2D eigenvalue weighted by Crippen LogP contribution is -1.92. The Labute approximate surface area is 77.0 Å². The smallest absolute Gasteiger partial charge is 0.101 e. The van der Waals surface area contributed by atoms with E-state index in [1.54, 1.807) is 0 Å². The van der Waals surface area contributed by atoms with E-state index in [0.29, 0.717) is 0 Å². The van der Waals surface area contributed by atoms with Gasteiger partial charge in [0.2, 0.25) is 0 Å². The number of rotatable bonds is 1. The van der Waals surface area contributed by atoms with Gasteiger partial charge in [0.05, 0.1) is 11.1 Å². The average Bonchev–Trinajstić information content (AvgIpc) is 2.60. The van der Waals surface area contributed by atoms with Crippen LogP contribution in [0.15, 0.2) is 30.5 Å². The normalized spacial score (nSPS) is 10.2. The molecule has 0 aliphatic carbocycles. The molecule has 2 nitrogen and oxygen atoms in total. The van der Waals surface area contributed by atoms with Crippen molar-refractivity contribution >= 4 is 10.9 Å². The predicted octanol–water partition coefficient (Wildman–Crippen LogP) is 2.53. The van der Waals surface area contributed by atoms with E-state index in [1.165, 1.54) is 0 Å². The molecule has 0 unspecified atom stereocenters. The molecule has 0 saturated heterocycles. The molecule has 0 fully saturated rings. The van der Waals surface area contributed by atoms with Crippen LogP contribution in [-0.4, -0.2) is 4.57 Å². The second-order valence-electron chi connectivity index (χ2n) is 2.96. The molecule has 2 heteroatoms. The monoisotopic (exact) mass is 170 g/mol. The molecule has 0 atom stereocenters. The summed E-state index contributed by atoms with van der Waals surface area (Å²) in [6.45, 7) is 2.98. The fourth-order valence-corrected chi connectivity index (χ4v) is 1.61. The topological polar surface area (TPSA) is 28.7 Å². The third kappa shape index (κ3) is 1.09. The molecule has 64 valence electrons. The number of para-hydroxylation sites is 1. The van der Waals surface area contributed by atoms with Crippen LogP contribution in [0.1, 0.15) is 12.5 Å². The molecule has 1 aromatic carbocycles. The van der Waals surface area contributed by atoms with Crippen molar-refractivity contribution in [1.82, 2.24) is 4.57 Å². The first-order valence-corrected chi connectivity index (χ1v) is 4.34. The highest BCUT2D eigenvalue weighted by molar-refractivity contribution is 5.85. The first-order valence-electron chi connectivity index (χ1n) is 4.34. The van der Waals surface area contributed by atoms with Crippen molar-refractivity contribution in [3.05, 3.63) is 36.0 Å². The van der Waals surface area contributed by atoms with E-state index < -0.39 is 0 Å². The van der Waals surface area contributed by atoms with Gasteiger partial charge in [-0.15, -0.1) is 0 Å². The van der Waals surface area contributed by atoms with Gasteiger partial charge < -0.3 is 4.57 Å². The number of fused-ring (bicyclic) bond motifs is 1. The van der Waals surface area contributed by atoms with Gasteiger partial charge >= 0.3 is 0 Å². The van der Waals surface area contributed by atoms with Gasteiger partial charge in [0.1, 0.15) is 6.07 Å². The zero-order chi connectivity index (χ0) is 9.26. The van der Waals surface area contributed by atoms with Crippen molar-refractivity contribution in [3.63, 3.8) is 0 Å². The van der Waals surface area contributed by atoms with Crippen molar-refractivity contribution in [3.8, 4) is 6.07 Å². The van der Waals surface area contributed by atoms with Crippen LogP contribution in [0.5, 0.6) is 0 Å². The maximum atomic E-state index is 8.91. The van der Waals surface area contributed by atoms with Crippen LogP contribution >= 0.6 is 0 Å². The van der Waals surface area contributed by atoms with Gasteiger partial charge in [0.25, 0.3) is 0 Å². The van der Waals surface area contributed by atoms with Crippen molar-refractivity contribution < 1.29 is 0 Å². The molecular formula is C11H10N2. The number of hydrogen-bond donors (Lipinski definition) is 0. The first kappa shape index (κ1) is 7.88. The van der Waals surface area contributed by atoms with Crippen LogP contribution in [0.4, 0.5) is 0 Å². The van der Waals surface area contributed by atoms with Crippen molar-refractivity contribution in [2.45, 2.75) is 13.5 Å². The fraction of sp³-hybridized carbons (Fsp3) is 0.182. The van der Waals surface area contributed by atoms with Crippen LogP contribution in [-0.2, 0) is 6.54 Å². The Morgan fingerprint density at radius 2 is 2.23 bits per heavy atom. The van der Waals surface area contributed by atoms with Crippen LogP contribution in [0.25, 0.3) is 10.9 Å². The van der Waals surface area contributed by atoms with E-state index in [0.717, 1.165) is 23.0 Å². The second kappa shape index (κ2) is 2.95. The summed E-state index contributed by atoms with van der Waals surface area (Å²) in [6, 6.07) is 10.1. The van der Waals surface area contributed by atoms with E-state index in [-0.39, 0.29) is 0 Å². The zero-order valence-electron chi connectivity index (χ0n) is 7.49. The molecule has 2 aromatic rings. The fourth-order valence-electron chi connectivity index (χ4n) is 1.61. The lowest BCUT2D eigenvalue weighted by atomic mass is 10.1. The van der Waals surface area contributed by atoms with Gasteiger partial charge in [-0.1, -0.05) is 12.1 Å².